The second-order valence-corrected chi connectivity index (χ2v) is 4.79. The number of morpholine rings is 1. The summed E-state index contributed by atoms with van der Waals surface area (Å²) in [6, 6.07) is 4.58. The van der Waals surface area contributed by atoms with Gasteiger partial charge in [-0.25, -0.2) is 4.39 Å². The van der Waals surface area contributed by atoms with E-state index in [0.29, 0.717) is 31.1 Å². The van der Waals surface area contributed by atoms with Crippen molar-refractivity contribution in [3.8, 4) is 5.75 Å². The van der Waals surface area contributed by atoms with Gasteiger partial charge in [-0.1, -0.05) is 0 Å². The molecule has 1 heterocycles. The van der Waals surface area contributed by atoms with Gasteiger partial charge in [0, 0.05) is 19.6 Å². The van der Waals surface area contributed by atoms with Gasteiger partial charge in [-0.3, -0.25) is 4.90 Å². The zero-order valence-corrected chi connectivity index (χ0v) is 11.1. The Morgan fingerprint density at radius 2 is 2.16 bits per heavy atom. The Kier molecular flexibility index (Phi) is 5.13. The van der Waals surface area contributed by atoms with Crippen LogP contribution < -0.4 is 4.74 Å². The highest BCUT2D eigenvalue weighted by molar-refractivity contribution is 5.28. The van der Waals surface area contributed by atoms with Gasteiger partial charge in [-0.05, 0) is 30.7 Å². The molecule has 1 N–H and O–H groups in total. The summed E-state index contributed by atoms with van der Waals surface area (Å²) in [5.74, 6) is 0.334. The molecule has 1 atom stereocenters. The molecule has 5 heteroatoms. The highest BCUT2D eigenvalue weighted by Gasteiger charge is 2.15. The molecule has 4 nitrogen and oxygen atoms in total. The SMILES string of the molecule is Cc1cc(OCC(O)CN2CCOCC2)ccc1F. The first kappa shape index (κ1) is 14.2. The first-order valence-electron chi connectivity index (χ1n) is 6.52. The Balaban J connectivity index is 1.75. The molecule has 1 fully saturated rings. The van der Waals surface area contributed by atoms with Gasteiger partial charge in [-0.15, -0.1) is 0 Å². The summed E-state index contributed by atoms with van der Waals surface area (Å²) >= 11 is 0. The molecule has 0 bridgehead atoms. The number of aliphatic hydroxyl groups is 1. The number of aliphatic hydroxyl groups excluding tert-OH is 1. The van der Waals surface area contributed by atoms with Crippen molar-refractivity contribution in [1.29, 1.82) is 0 Å². The average molecular weight is 269 g/mol. The lowest BCUT2D eigenvalue weighted by Gasteiger charge is -2.28. The van der Waals surface area contributed by atoms with Crippen molar-refractivity contribution in [3.05, 3.63) is 29.6 Å². The molecule has 0 radical (unpaired) electrons. The quantitative estimate of drug-likeness (QED) is 0.872. The smallest absolute Gasteiger partial charge is 0.126 e. The van der Waals surface area contributed by atoms with E-state index in [0.717, 1.165) is 13.1 Å². The van der Waals surface area contributed by atoms with Crippen molar-refractivity contribution >= 4 is 0 Å². The minimum Gasteiger partial charge on any atom is -0.491 e. The fourth-order valence-electron chi connectivity index (χ4n) is 2.03. The molecule has 1 aromatic carbocycles. The van der Waals surface area contributed by atoms with E-state index in [1.165, 1.54) is 6.07 Å². The lowest BCUT2D eigenvalue weighted by atomic mass is 10.2. The van der Waals surface area contributed by atoms with Gasteiger partial charge in [-0.2, -0.15) is 0 Å². The second kappa shape index (κ2) is 6.84. The minimum atomic E-state index is -0.552. The fraction of sp³-hybridized carbons (Fsp3) is 0.571. The van der Waals surface area contributed by atoms with Crippen molar-refractivity contribution in [3.63, 3.8) is 0 Å². The molecule has 1 saturated heterocycles. The van der Waals surface area contributed by atoms with Crippen LogP contribution in [-0.4, -0.2) is 55.6 Å². The molecule has 19 heavy (non-hydrogen) atoms. The van der Waals surface area contributed by atoms with Gasteiger partial charge in [0.05, 0.1) is 13.2 Å². The maximum atomic E-state index is 13.1. The Morgan fingerprint density at radius 1 is 1.42 bits per heavy atom. The Labute approximate surface area is 112 Å². The van der Waals surface area contributed by atoms with Crippen LogP contribution in [0.4, 0.5) is 4.39 Å². The summed E-state index contributed by atoms with van der Waals surface area (Å²) in [6.45, 7) is 5.58. The van der Waals surface area contributed by atoms with Gasteiger partial charge in [0.25, 0.3) is 0 Å². The molecule has 0 aromatic heterocycles. The standard InChI is InChI=1S/C14H20FNO3/c1-11-8-13(2-3-14(11)15)19-10-12(17)9-16-4-6-18-7-5-16/h2-3,8,12,17H,4-7,9-10H2,1H3. The second-order valence-electron chi connectivity index (χ2n) is 4.79. The van der Waals surface area contributed by atoms with E-state index >= 15 is 0 Å². The number of β-amino-alcohol motifs (C(OH)–C–C–N with tert-alkyl or cyclic N) is 1. The minimum absolute atomic E-state index is 0.211. The number of nitrogens with zero attached hydrogens (tertiary/aromatic N) is 1. The van der Waals surface area contributed by atoms with Crippen LogP contribution in [0.2, 0.25) is 0 Å². The topological polar surface area (TPSA) is 41.9 Å². The van der Waals surface area contributed by atoms with E-state index in [1.54, 1.807) is 19.1 Å². The van der Waals surface area contributed by atoms with E-state index in [2.05, 4.69) is 4.90 Å². The largest absolute Gasteiger partial charge is 0.491 e. The van der Waals surface area contributed by atoms with E-state index in [4.69, 9.17) is 9.47 Å². The molecule has 0 saturated carbocycles. The molecule has 1 aliphatic heterocycles. The van der Waals surface area contributed by atoms with Crippen LogP contribution in [0.15, 0.2) is 18.2 Å². The Morgan fingerprint density at radius 3 is 2.84 bits per heavy atom. The van der Waals surface area contributed by atoms with Crippen LogP contribution in [0, 0.1) is 12.7 Å². The van der Waals surface area contributed by atoms with Crippen LogP contribution in [0.5, 0.6) is 5.75 Å². The summed E-state index contributed by atoms with van der Waals surface area (Å²) in [5.41, 5.74) is 0.542. The van der Waals surface area contributed by atoms with E-state index in [-0.39, 0.29) is 12.4 Å². The van der Waals surface area contributed by atoms with E-state index in [1.807, 2.05) is 0 Å². The molecule has 1 aromatic rings. The third kappa shape index (κ3) is 4.45. The van der Waals surface area contributed by atoms with E-state index < -0.39 is 6.10 Å². The molecule has 106 valence electrons. The summed E-state index contributed by atoms with van der Waals surface area (Å²) < 4.78 is 23.8. The van der Waals surface area contributed by atoms with Crippen LogP contribution in [-0.2, 0) is 4.74 Å². The molecular weight excluding hydrogens is 249 g/mol. The summed E-state index contributed by atoms with van der Waals surface area (Å²) in [6.07, 6.45) is -0.552. The van der Waals surface area contributed by atoms with Crippen LogP contribution in [0.3, 0.4) is 0 Å². The third-order valence-corrected chi connectivity index (χ3v) is 3.14. The average Bonchev–Trinajstić information content (AvgIpc) is 2.41. The highest BCUT2D eigenvalue weighted by Crippen LogP contribution is 2.16. The van der Waals surface area contributed by atoms with Crippen molar-refractivity contribution in [1.82, 2.24) is 4.90 Å². The first-order chi connectivity index (χ1) is 9.15. The zero-order valence-electron chi connectivity index (χ0n) is 11.1. The predicted octanol–water partition coefficient (Wildman–Crippen LogP) is 1.21. The van der Waals surface area contributed by atoms with Crippen molar-refractivity contribution in [2.45, 2.75) is 13.0 Å². The number of rotatable bonds is 5. The summed E-state index contributed by atoms with van der Waals surface area (Å²) in [4.78, 5) is 2.15. The fourth-order valence-corrected chi connectivity index (χ4v) is 2.03. The van der Waals surface area contributed by atoms with Crippen molar-refractivity contribution < 1.29 is 19.0 Å². The highest BCUT2D eigenvalue weighted by atomic mass is 19.1. The van der Waals surface area contributed by atoms with Crippen LogP contribution >= 0.6 is 0 Å². The first-order valence-corrected chi connectivity index (χ1v) is 6.52. The number of hydrogen-bond acceptors (Lipinski definition) is 4. The summed E-state index contributed by atoms with van der Waals surface area (Å²) in [5, 5.41) is 9.91. The number of benzene rings is 1. The molecular formula is C14H20FNO3. The molecule has 2 rings (SSSR count). The lowest BCUT2D eigenvalue weighted by Crippen LogP contribution is -2.42. The molecule has 1 unspecified atom stereocenters. The summed E-state index contributed by atoms with van der Waals surface area (Å²) in [7, 11) is 0. The van der Waals surface area contributed by atoms with Gasteiger partial charge in [0.15, 0.2) is 0 Å². The normalized spacial score (nSPS) is 18.3. The molecule has 0 aliphatic carbocycles. The monoisotopic (exact) mass is 269 g/mol. The van der Waals surface area contributed by atoms with Crippen molar-refractivity contribution in [2.75, 3.05) is 39.5 Å². The molecule has 0 spiro atoms. The van der Waals surface area contributed by atoms with Crippen LogP contribution in [0.25, 0.3) is 0 Å². The van der Waals surface area contributed by atoms with E-state index in [9.17, 15) is 9.50 Å². The maximum absolute atomic E-state index is 13.1. The van der Waals surface area contributed by atoms with Crippen LogP contribution in [0.1, 0.15) is 5.56 Å². The zero-order chi connectivity index (χ0) is 13.7. The van der Waals surface area contributed by atoms with Gasteiger partial charge >= 0.3 is 0 Å². The van der Waals surface area contributed by atoms with Crippen molar-refractivity contribution in [2.24, 2.45) is 0 Å². The third-order valence-electron chi connectivity index (χ3n) is 3.14. The number of halogens is 1. The molecule has 0 amide bonds. The molecule has 1 aliphatic rings. The van der Waals surface area contributed by atoms with Gasteiger partial charge < -0.3 is 14.6 Å². The predicted molar refractivity (Wildman–Crippen MR) is 69.9 cm³/mol. The lowest BCUT2D eigenvalue weighted by molar-refractivity contribution is 0.00464. The number of hydrogen-bond donors (Lipinski definition) is 1. The number of aryl methyl sites for hydroxylation is 1. The maximum Gasteiger partial charge on any atom is 0.126 e. The Hall–Kier alpha value is -1.17. The number of ether oxygens (including phenoxy) is 2. The van der Waals surface area contributed by atoms with Gasteiger partial charge in [0.1, 0.15) is 24.3 Å². The van der Waals surface area contributed by atoms with Gasteiger partial charge in [0.2, 0.25) is 0 Å². The Bertz CT molecular complexity index is 408.